The Morgan fingerprint density at radius 3 is 2.58 bits per heavy atom. The summed E-state index contributed by atoms with van der Waals surface area (Å²) in [5.74, 6) is 1.35. The highest BCUT2D eigenvalue weighted by Crippen LogP contribution is 2.28. The number of aromatic nitrogens is 5. The lowest BCUT2D eigenvalue weighted by molar-refractivity contribution is -0.0307. The Hall–Kier alpha value is -4.00. The molecule has 9 heteroatoms. The van der Waals surface area contributed by atoms with Gasteiger partial charge in [0.1, 0.15) is 5.69 Å². The van der Waals surface area contributed by atoms with Crippen LogP contribution in [0.2, 0.25) is 0 Å². The van der Waals surface area contributed by atoms with Crippen LogP contribution in [0.15, 0.2) is 53.2 Å². The number of aryl methyl sites for hydroxylation is 1. The molecule has 0 unspecified atom stereocenters. The van der Waals surface area contributed by atoms with Gasteiger partial charge in [-0.1, -0.05) is 12.1 Å². The van der Waals surface area contributed by atoms with E-state index >= 15 is 0 Å². The van der Waals surface area contributed by atoms with Crippen molar-refractivity contribution in [2.45, 2.75) is 32.7 Å². The van der Waals surface area contributed by atoms with E-state index in [1.165, 1.54) is 5.56 Å². The van der Waals surface area contributed by atoms with E-state index in [0.717, 1.165) is 37.4 Å². The normalized spacial score (nSPS) is 13.8. The summed E-state index contributed by atoms with van der Waals surface area (Å²) in [7, 11) is 0. The monoisotopic (exact) mass is 483 g/mol. The van der Waals surface area contributed by atoms with Crippen molar-refractivity contribution in [1.82, 2.24) is 30.5 Å². The molecule has 0 bridgehead atoms. The molecule has 0 radical (unpaired) electrons. The molecule has 4 heterocycles. The maximum Gasteiger partial charge on any atom is 0.268 e. The zero-order valence-electron chi connectivity index (χ0n) is 20.5. The molecule has 1 aliphatic heterocycles. The molecule has 0 aliphatic carbocycles. The predicted molar refractivity (Wildman–Crippen MR) is 135 cm³/mol. The van der Waals surface area contributed by atoms with E-state index in [0.29, 0.717) is 40.5 Å². The van der Waals surface area contributed by atoms with Crippen molar-refractivity contribution in [2.24, 2.45) is 5.92 Å². The molecule has 0 atom stereocenters. The third-order valence-electron chi connectivity index (χ3n) is 6.23. The van der Waals surface area contributed by atoms with Gasteiger partial charge in [0.05, 0.1) is 48.0 Å². The fourth-order valence-electron chi connectivity index (χ4n) is 3.80. The third kappa shape index (κ3) is 5.00. The summed E-state index contributed by atoms with van der Waals surface area (Å²) in [6.45, 7) is 8.98. The van der Waals surface area contributed by atoms with Crippen LogP contribution in [0.5, 0.6) is 0 Å². The predicted octanol–water partition coefficient (Wildman–Crippen LogP) is 4.35. The molecule has 3 aromatic heterocycles. The molecule has 5 rings (SSSR count). The number of pyridine rings is 1. The topological polar surface area (TPSA) is 123 Å². The van der Waals surface area contributed by atoms with Gasteiger partial charge in [-0.25, -0.2) is 4.98 Å². The lowest BCUT2D eigenvalue weighted by Gasteiger charge is -2.26. The summed E-state index contributed by atoms with van der Waals surface area (Å²) in [5, 5.41) is 21.4. The van der Waals surface area contributed by atoms with Gasteiger partial charge in [-0.3, -0.25) is 9.97 Å². The first-order valence-corrected chi connectivity index (χ1v) is 11.9. The van der Waals surface area contributed by atoms with E-state index in [4.69, 9.17) is 14.1 Å². The fraction of sp³-hybridized carbons (Fsp3) is 0.333. The average molecular weight is 484 g/mol. The highest BCUT2D eigenvalue weighted by molar-refractivity contribution is 5.64. The molecule has 1 aliphatic rings. The zero-order valence-corrected chi connectivity index (χ0v) is 20.5. The Morgan fingerprint density at radius 1 is 1.08 bits per heavy atom. The first kappa shape index (κ1) is 23.7. The summed E-state index contributed by atoms with van der Waals surface area (Å²) in [5.41, 5.74) is 4.62. The van der Waals surface area contributed by atoms with Gasteiger partial charge in [-0.15, -0.1) is 10.2 Å². The molecule has 0 saturated carbocycles. The highest BCUT2D eigenvalue weighted by atomic mass is 16.5. The number of ether oxygens (including phenoxy) is 1. The van der Waals surface area contributed by atoms with Gasteiger partial charge in [0.2, 0.25) is 5.89 Å². The van der Waals surface area contributed by atoms with Gasteiger partial charge in [0, 0.05) is 37.8 Å². The minimum atomic E-state index is -0.713. The van der Waals surface area contributed by atoms with Crippen LogP contribution in [0.25, 0.3) is 34.3 Å². The Labute approximate surface area is 211 Å². The smallest absolute Gasteiger partial charge is 0.268 e. The van der Waals surface area contributed by atoms with Crippen molar-refractivity contribution in [1.29, 1.82) is 5.26 Å². The van der Waals surface area contributed by atoms with Crippen LogP contribution in [0.4, 0.5) is 0 Å². The van der Waals surface area contributed by atoms with Crippen LogP contribution in [0, 0.1) is 24.2 Å². The first-order valence-electron chi connectivity index (χ1n) is 11.9. The second kappa shape index (κ2) is 9.93. The van der Waals surface area contributed by atoms with Crippen LogP contribution in [-0.4, -0.2) is 44.9 Å². The highest BCUT2D eigenvalue weighted by Gasteiger charge is 2.23. The maximum atomic E-state index is 9.47. The molecule has 0 spiro atoms. The number of benzene rings is 1. The van der Waals surface area contributed by atoms with Gasteiger partial charge in [0.25, 0.3) is 5.89 Å². The summed E-state index contributed by atoms with van der Waals surface area (Å²) in [6.07, 6.45) is 3.37. The van der Waals surface area contributed by atoms with Crippen LogP contribution in [-0.2, 0) is 16.7 Å². The Bertz CT molecular complexity index is 1410. The molecular weight excluding hydrogens is 454 g/mol. The molecule has 1 N–H and O–H groups in total. The Kier molecular flexibility index (Phi) is 6.55. The second-order valence-corrected chi connectivity index (χ2v) is 9.50. The van der Waals surface area contributed by atoms with Crippen LogP contribution in [0.1, 0.15) is 32.2 Å². The van der Waals surface area contributed by atoms with Gasteiger partial charge >= 0.3 is 0 Å². The molecule has 1 aromatic carbocycles. The first-order chi connectivity index (χ1) is 17.4. The quantitative estimate of drug-likeness (QED) is 0.390. The van der Waals surface area contributed by atoms with E-state index in [9.17, 15) is 5.26 Å². The van der Waals surface area contributed by atoms with Gasteiger partial charge in [-0.2, -0.15) is 5.26 Å². The molecule has 0 amide bonds. The molecule has 1 saturated heterocycles. The van der Waals surface area contributed by atoms with Crippen molar-refractivity contribution in [3.05, 3.63) is 65.7 Å². The largest absolute Gasteiger partial charge is 0.415 e. The Balaban J connectivity index is 0.00000320. The van der Waals surface area contributed by atoms with Crippen molar-refractivity contribution < 1.29 is 10.6 Å². The average Bonchev–Trinajstić information content (AvgIpc) is 3.36. The number of nitrogens with zero attached hydrogens (tertiary/aromatic N) is 6. The van der Waals surface area contributed by atoms with Gasteiger partial charge in [0.15, 0.2) is 0 Å². The van der Waals surface area contributed by atoms with Gasteiger partial charge in [-0.05, 0) is 50.6 Å². The lowest BCUT2D eigenvalue weighted by atomic mass is 9.90. The Morgan fingerprint density at radius 2 is 1.86 bits per heavy atom. The molecule has 9 nitrogen and oxygen atoms in total. The van der Waals surface area contributed by atoms with E-state index in [2.05, 4.69) is 43.7 Å². The van der Waals surface area contributed by atoms with Crippen molar-refractivity contribution in [3.8, 4) is 40.4 Å². The van der Waals surface area contributed by atoms with Crippen molar-refractivity contribution in [3.63, 3.8) is 0 Å². The lowest BCUT2D eigenvalue weighted by Crippen LogP contribution is -2.36. The SMILES string of the molecule is Cc1ncc(-c2ccnc(C(C)(C)C#N)c2)nc1-c1nnc(-c2ccc(CNCC3COC3)cc2)o1.[HH]. The number of nitrogens with one attached hydrogen (secondary N) is 1. The fourth-order valence-corrected chi connectivity index (χ4v) is 3.80. The second-order valence-electron chi connectivity index (χ2n) is 9.50. The number of hydrogen-bond donors (Lipinski definition) is 1. The minimum Gasteiger partial charge on any atom is -0.415 e. The van der Waals surface area contributed by atoms with Crippen molar-refractivity contribution >= 4 is 0 Å². The van der Waals surface area contributed by atoms with E-state index in [1.807, 2.05) is 45.0 Å². The number of rotatable bonds is 8. The maximum absolute atomic E-state index is 9.47. The summed E-state index contributed by atoms with van der Waals surface area (Å²) in [6, 6.07) is 14.1. The van der Waals surface area contributed by atoms with E-state index in [1.54, 1.807) is 12.4 Å². The standard InChI is InChI=1S/C27H27N7O2.H2/c1-17-24(32-22(13-31-17)21-8-9-30-23(10-21)27(2,3)16-28)26-34-33-25(36-26)20-6-4-18(5-7-20)11-29-12-19-14-35-15-19;/h4-10,13,19,29H,11-12,14-15H2,1-3H3;1H. The van der Waals surface area contributed by atoms with E-state index < -0.39 is 5.41 Å². The van der Waals surface area contributed by atoms with E-state index in [-0.39, 0.29) is 1.43 Å². The number of nitriles is 1. The van der Waals surface area contributed by atoms with Crippen LogP contribution >= 0.6 is 0 Å². The van der Waals surface area contributed by atoms with Crippen LogP contribution in [0.3, 0.4) is 0 Å². The van der Waals surface area contributed by atoms with Crippen molar-refractivity contribution in [2.75, 3.05) is 19.8 Å². The third-order valence-corrected chi connectivity index (χ3v) is 6.23. The minimum absolute atomic E-state index is 0. The van der Waals surface area contributed by atoms with Gasteiger partial charge < -0.3 is 14.5 Å². The molecular formula is C27H29N7O2. The summed E-state index contributed by atoms with van der Waals surface area (Å²) in [4.78, 5) is 13.6. The molecule has 1 fully saturated rings. The van der Waals surface area contributed by atoms with Crippen LogP contribution < -0.4 is 5.32 Å². The number of hydrogen-bond acceptors (Lipinski definition) is 9. The molecule has 36 heavy (non-hydrogen) atoms. The summed E-state index contributed by atoms with van der Waals surface area (Å²) < 4.78 is 11.2. The zero-order chi connectivity index (χ0) is 25.1. The molecule has 4 aromatic rings. The summed E-state index contributed by atoms with van der Waals surface area (Å²) >= 11 is 0. The molecule has 184 valence electrons.